The first-order valence-corrected chi connectivity index (χ1v) is 12.7. The van der Waals surface area contributed by atoms with Crippen molar-refractivity contribution in [3.8, 4) is 26.9 Å². The van der Waals surface area contributed by atoms with Crippen LogP contribution in [0.15, 0.2) is 30.5 Å². The summed E-state index contributed by atoms with van der Waals surface area (Å²) in [5.74, 6) is 0.171. The zero-order valence-electron chi connectivity index (χ0n) is 18.7. The fourth-order valence-corrected chi connectivity index (χ4v) is 4.00. The number of benzene rings is 1. The first-order valence-electron chi connectivity index (χ1n) is 10.3. The van der Waals surface area contributed by atoms with Crippen LogP contribution in [0.5, 0.6) is 5.75 Å². The molecule has 0 atom stereocenters. The summed E-state index contributed by atoms with van der Waals surface area (Å²) in [6.45, 7) is 8.28. The van der Waals surface area contributed by atoms with Crippen LogP contribution in [0.3, 0.4) is 0 Å². The summed E-state index contributed by atoms with van der Waals surface area (Å²) >= 11 is 7.60. The van der Waals surface area contributed by atoms with Crippen molar-refractivity contribution in [1.82, 2.24) is 15.2 Å². The van der Waals surface area contributed by atoms with Gasteiger partial charge in [0.15, 0.2) is 11.6 Å². The van der Waals surface area contributed by atoms with Crippen LogP contribution < -0.4 is 10.1 Å². The standard InChI is InChI=1S/C19H21ClFN4O4PS.C2H6/c1-11(2)23-17-5-4-12(10-22-17)18-24-25-19(31-18)13-8-15(21)16(9-14(13)20)28-6-3-7-29-30(26)27;1-2/h4-5,8-11,26-27H,3,6-7H2,1-2H3,(H,22,23);1-2H3. The van der Waals surface area contributed by atoms with Crippen LogP contribution in [-0.4, -0.2) is 44.2 Å². The lowest BCUT2D eigenvalue weighted by molar-refractivity contribution is 0.217. The van der Waals surface area contributed by atoms with E-state index in [-0.39, 0.29) is 30.0 Å². The van der Waals surface area contributed by atoms with Gasteiger partial charge in [0.2, 0.25) is 0 Å². The molecule has 2 aromatic heterocycles. The Morgan fingerprint density at radius 2 is 1.88 bits per heavy atom. The fraction of sp³-hybridized carbons (Fsp3) is 0.381. The largest absolute Gasteiger partial charge is 0.490 e. The van der Waals surface area contributed by atoms with Crippen molar-refractivity contribution in [3.63, 3.8) is 0 Å². The molecule has 3 aromatic rings. The number of aromatic nitrogens is 3. The Morgan fingerprint density at radius 1 is 1.15 bits per heavy atom. The first kappa shape index (κ1) is 27.3. The van der Waals surface area contributed by atoms with Crippen molar-refractivity contribution in [3.05, 3.63) is 41.3 Å². The molecule has 0 spiro atoms. The molecule has 0 radical (unpaired) electrons. The van der Waals surface area contributed by atoms with Crippen LogP contribution in [-0.2, 0) is 4.52 Å². The summed E-state index contributed by atoms with van der Waals surface area (Å²) in [5, 5.41) is 12.9. The minimum atomic E-state index is -2.40. The molecule has 0 aliphatic rings. The molecule has 33 heavy (non-hydrogen) atoms. The van der Waals surface area contributed by atoms with Gasteiger partial charge in [-0.2, -0.15) is 0 Å². The molecule has 1 aromatic carbocycles. The van der Waals surface area contributed by atoms with Gasteiger partial charge in [-0.15, -0.1) is 10.2 Å². The molecule has 0 saturated carbocycles. The molecule has 0 fully saturated rings. The van der Waals surface area contributed by atoms with Crippen molar-refractivity contribution in [2.45, 2.75) is 40.2 Å². The Morgan fingerprint density at radius 3 is 2.52 bits per heavy atom. The lowest BCUT2D eigenvalue weighted by Crippen LogP contribution is -2.10. The molecular formula is C21H27ClFN4O4PS. The lowest BCUT2D eigenvalue weighted by atomic mass is 10.2. The Hall–Kier alpha value is -1.94. The van der Waals surface area contributed by atoms with Crippen LogP contribution in [0.2, 0.25) is 5.02 Å². The molecule has 3 rings (SSSR count). The van der Waals surface area contributed by atoms with E-state index in [1.54, 1.807) is 6.20 Å². The second-order valence-electron chi connectivity index (χ2n) is 6.69. The van der Waals surface area contributed by atoms with E-state index >= 15 is 0 Å². The molecule has 0 bridgehead atoms. The Balaban J connectivity index is 0.00000187. The summed E-state index contributed by atoms with van der Waals surface area (Å²) in [6.07, 6.45) is 2.06. The van der Waals surface area contributed by atoms with E-state index in [0.29, 0.717) is 22.0 Å². The predicted octanol–water partition coefficient (Wildman–Crippen LogP) is 5.90. The van der Waals surface area contributed by atoms with E-state index in [9.17, 15) is 4.39 Å². The molecular weight excluding hydrogens is 490 g/mol. The Kier molecular flexibility index (Phi) is 11.3. The van der Waals surface area contributed by atoms with E-state index in [0.717, 1.165) is 11.4 Å². The number of halogens is 2. The second-order valence-corrected chi connectivity index (χ2v) is 8.84. The maximum Gasteiger partial charge on any atom is 0.327 e. The van der Waals surface area contributed by atoms with Gasteiger partial charge in [-0.1, -0.05) is 36.8 Å². The van der Waals surface area contributed by atoms with Crippen molar-refractivity contribution in [2.75, 3.05) is 18.5 Å². The van der Waals surface area contributed by atoms with Crippen LogP contribution in [0.4, 0.5) is 10.2 Å². The minimum absolute atomic E-state index is 0.00816. The van der Waals surface area contributed by atoms with Gasteiger partial charge in [-0.25, -0.2) is 9.37 Å². The zero-order chi connectivity index (χ0) is 24.4. The third-order valence-electron chi connectivity index (χ3n) is 3.88. The van der Waals surface area contributed by atoms with Gasteiger partial charge >= 0.3 is 8.60 Å². The van der Waals surface area contributed by atoms with Crippen LogP contribution in [0.1, 0.15) is 34.1 Å². The highest BCUT2D eigenvalue weighted by Gasteiger charge is 2.16. The number of pyridine rings is 1. The molecule has 180 valence electrons. The monoisotopic (exact) mass is 516 g/mol. The summed E-state index contributed by atoms with van der Waals surface area (Å²) in [5.41, 5.74) is 1.21. The number of anilines is 1. The molecule has 0 amide bonds. The van der Waals surface area contributed by atoms with Crippen LogP contribution in [0, 0.1) is 5.82 Å². The Bertz CT molecular complexity index is 1010. The number of ether oxygens (including phenoxy) is 1. The van der Waals surface area contributed by atoms with E-state index in [2.05, 4.69) is 25.0 Å². The van der Waals surface area contributed by atoms with Gasteiger partial charge in [0, 0.05) is 35.9 Å². The van der Waals surface area contributed by atoms with Crippen molar-refractivity contribution in [1.29, 1.82) is 0 Å². The third-order valence-corrected chi connectivity index (χ3v) is 5.61. The van der Waals surface area contributed by atoms with E-state index < -0.39 is 14.4 Å². The average Bonchev–Trinajstić information content (AvgIpc) is 3.27. The maximum absolute atomic E-state index is 14.5. The number of nitrogens with one attached hydrogen (secondary N) is 1. The SMILES string of the molecule is CC.CC(C)Nc1ccc(-c2nnc(-c3cc(F)c(OCCCOP(O)O)cc3Cl)s2)cn1. The number of nitrogens with zero attached hydrogens (tertiary/aromatic N) is 3. The van der Waals surface area contributed by atoms with Gasteiger partial charge in [-0.05, 0) is 32.0 Å². The molecule has 0 saturated heterocycles. The smallest absolute Gasteiger partial charge is 0.327 e. The fourth-order valence-electron chi connectivity index (χ4n) is 2.54. The normalized spacial score (nSPS) is 10.8. The van der Waals surface area contributed by atoms with Gasteiger partial charge in [0.25, 0.3) is 0 Å². The molecule has 3 N–H and O–H groups in total. The van der Waals surface area contributed by atoms with E-state index in [1.807, 2.05) is 39.8 Å². The third kappa shape index (κ3) is 8.41. The summed E-state index contributed by atoms with van der Waals surface area (Å²) in [6, 6.07) is 6.67. The molecule has 0 unspecified atom stereocenters. The molecule has 12 heteroatoms. The summed E-state index contributed by atoms with van der Waals surface area (Å²) in [7, 11) is -2.40. The topological polar surface area (TPSA) is 110 Å². The number of rotatable bonds is 10. The molecule has 0 aliphatic heterocycles. The summed E-state index contributed by atoms with van der Waals surface area (Å²) < 4.78 is 24.5. The van der Waals surface area contributed by atoms with Gasteiger partial charge < -0.3 is 24.4 Å². The second kappa shape index (κ2) is 13.7. The predicted molar refractivity (Wildman–Crippen MR) is 131 cm³/mol. The Labute approximate surface area is 202 Å². The molecule has 0 aliphatic carbocycles. The van der Waals surface area contributed by atoms with Crippen molar-refractivity contribution in [2.24, 2.45) is 0 Å². The van der Waals surface area contributed by atoms with E-state index in [1.165, 1.54) is 23.5 Å². The van der Waals surface area contributed by atoms with Gasteiger partial charge in [0.05, 0.1) is 18.2 Å². The lowest BCUT2D eigenvalue weighted by Gasteiger charge is -2.10. The quantitative estimate of drug-likeness (QED) is 0.225. The van der Waals surface area contributed by atoms with Crippen molar-refractivity contribution >= 4 is 37.4 Å². The van der Waals surface area contributed by atoms with E-state index in [4.69, 9.17) is 26.1 Å². The minimum Gasteiger partial charge on any atom is -0.490 e. The number of hydrogen-bond acceptors (Lipinski definition) is 9. The molecule has 8 nitrogen and oxygen atoms in total. The molecule has 2 heterocycles. The highest BCUT2D eigenvalue weighted by atomic mass is 35.5. The first-order chi connectivity index (χ1) is 15.8. The highest BCUT2D eigenvalue weighted by molar-refractivity contribution is 7.39. The highest BCUT2D eigenvalue weighted by Crippen LogP contribution is 2.37. The van der Waals surface area contributed by atoms with Gasteiger partial charge in [-0.3, -0.25) is 0 Å². The number of hydrogen-bond donors (Lipinski definition) is 3. The zero-order valence-corrected chi connectivity index (χ0v) is 21.2. The van der Waals surface area contributed by atoms with Crippen LogP contribution >= 0.6 is 31.5 Å². The summed E-state index contributed by atoms with van der Waals surface area (Å²) in [4.78, 5) is 21.7. The average molecular weight is 517 g/mol. The van der Waals surface area contributed by atoms with Gasteiger partial charge in [0.1, 0.15) is 15.8 Å². The maximum atomic E-state index is 14.5. The van der Waals surface area contributed by atoms with Crippen LogP contribution in [0.25, 0.3) is 21.1 Å². The van der Waals surface area contributed by atoms with Crippen molar-refractivity contribution < 1.29 is 23.4 Å².